The number of carbonyl (C=O) groups is 3. The topological polar surface area (TPSA) is 90.8 Å². The average Bonchev–Trinajstić information content (AvgIpc) is 3.12. The Hall–Kier alpha value is -2.58. The van der Waals surface area contributed by atoms with Crippen LogP contribution in [-0.2, 0) is 4.79 Å². The molecule has 9 heteroatoms. The molecule has 9 nitrogen and oxygen atoms in total. The molecule has 1 spiro atoms. The van der Waals surface area contributed by atoms with Crippen molar-refractivity contribution in [3.05, 3.63) is 12.4 Å². The largest absolute Gasteiger partial charge is 0.327 e. The van der Waals surface area contributed by atoms with Gasteiger partial charge in [0.05, 0.1) is 11.9 Å². The van der Waals surface area contributed by atoms with Crippen molar-refractivity contribution in [1.29, 1.82) is 0 Å². The molecule has 25 heavy (non-hydrogen) atoms. The van der Waals surface area contributed by atoms with Gasteiger partial charge in [-0.15, -0.1) is 0 Å². The van der Waals surface area contributed by atoms with Crippen LogP contribution in [0.5, 0.6) is 0 Å². The lowest BCUT2D eigenvalue weighted by molar-refractivity contribution is -0.134. The molecule has 2 saturated heterocycles. The Bertz CT molecular complexity index is 704. The maximum atomic E-state index is 12.5. The van der Waals surface area contributed by atoms with Crippen LogP contribution < -0.4 is 5.32 Å². The minimum absolute atomic E-state index is 0.182. The van der Waals surface area contributed by atoms with E-state index in [1.54, 1.807) is 29.0 Å². The van der Waals surface area contributed by atoms with Gasteiger partial charge in [-0.25, -0.2) is 9.59 Å². The quantitative estimate of drug-likeness (QED) is 0.817. The summed E-state index contributed by atoms with van der Waals surface area (Å²) in [5.74, 6) is -0.182. The predicted octanol–water partition coefficient (Wildman–Crippen LogP) is 1.35. The van der Waals surface area contributed by atoms with Crippen molar-refractivity contribution >= 4 is 23.7 Å². The average molecular weight is 348 g/mol. The molecule has 0 aromatic carbocycles. The summed E-state index contributed by atoms with van der Waals surface area (Å²) in [7, 11) is 3.15. The van der Waals surface area contributed by atoms with E-state index >= 15 is 0 Å². The summed E-state index contributed by atoms with van der Waals surface area (Å²) < 4.78 is 1.77. The molecule has 3 heterocycles. The highest BCUT2D eigenvalue weighted by Gasteiger charge is 2.55. The monoisotopic (exact) mass is 348 g/mol. The van der Waals surface area contributed by atoms with Crippen LogP contribution in [0, 0.1) is 0 Å². The summed E-state index contributed by atoms with van der Waals surface area (Å²) in [6.45, 7) is 4.86. The van der Waals surface area contributed by atoms with Gasteiger partial charge in [0, 0.05) is 39.4 Å². The molecule has 136 valence electrons. The third kappa shape index (κ3) is 2.73. The minimum atomic E-state index is -0.814. The summed E-state index contributed by atoms with van der Waals surface area (Å²) in [5.41, 5.74) is -0.173. The number of nitrogens with one attached hydrogen (secondary N) is 1. The summed E-state index contributed by atoms with van der Waals surface area (Å²) in [4.78, 5) is 41.3. The number of carbonyl (C=O) groups excluding carboxylic acids is 3. The van der Waals surface area contributed by atoms with Gasteiger partial charge in [-0.3, -0.25) is 14.4 Å². The van der Waals surface area contributed by atoms with E-state index in [1.165, 1.54) is 11.9 Å². The van der Waals surface area contributed by atoms with Crippen molar-refractivity contribution in [3.63, 3.8) is 0 Å². The fourth-order valence-electron chi connectivity index (χ4n) is 3.47. The van der Waals surface area contributed by atoms with Crippen LogP contribution in [0.2, 0.25) is 0 Å². The number of urea groups is 2. The highest BCUT2D eigenvalue weighted by Crippen LogP contribution is 2.35. The molecule has 2 aliphatic rings. The van der Waals surface area contributed by atoms with Crippen LogP contribution in [0.3, 0.4) is 0 Å². The normalized spacial score (nSPS) is 20.1. The van der Waals surface area contributed by atoms with Crippen molar-refractivity contribution in [2.24, 2.45) is 0 Å². The number of amides is 5. The Labute approximate surface area is 146 Å². The molecule has 0 saturated carbocycles. The van der Waals surface area contributed by atoms with E-state index < -0.39 is 5.54 Å². The first-order valence-electron chi connectivity index (χ1n) is 8.42. The first-order valence-corrected chi connectivity index (χ1v) is 8.42. The van der Waals surface area contributed by atoms with Crippen molar-refractivity contribution in [3.8, 4) is 0 Å². The molecule has 1 aromatic heterocycles. The Balaban J connectivity index is 1.63. The molecular weight excluding hydrogens is 324 g/mol. The van der Waals surface area contributed by atoms with Gasteiger partial charge in [0.1, 0.15) is 5.54 Å². The van der Waals surface area contributed by atoms with Crippen LogP contribution in [-0.4, -0.2) is 75.2 Å². The Morgan fingerprint density at radius 1 is 1.24 bits per heavy atom. The van der Waals surface area contributed by atoms with E-state index in [0.717, 1.165) is 4.90 Å². The van der Waals surface area contributed by atoms with Gasteiger partial charge in [-0.2, -0.15) is 5.10 Å². The standard InChI is InChI=1S/C16H24N6O3/c1-11(2)22-10-12(9-17-22)18-14(24)21-7-5-16(6-8-21)13(23)19(3)15(25)20(16)4/h9-11H,5-8H2,1-4H3,(H,18,24). The number of hydrogen-bond donors (Lipinski definition) is 1. The van der Waals surface area contributed by atoms with Gasteiger partial charge in [-0.05, 0) is 26.7 Å². The van der Waals surface area contributed by atoms with Crippen LogP contribution in [0.15, 0.2) is 12.4 Å². The van der Waals surface area contributed by atoms with Crippen molar-refractivity contribution in [1.82, 2.24) is 24.5 Å². The molecular formula is C16H24N6O3. The predicted molar refractivity (Wildman–Crippen MR) is 91.1 cm³/mol. The Morgan fingerprint density at radius 2 is 1.88 bits per heavy atom. The molecule has 1 aromatic rings. The smallest absolute Gasteiger partial charge is 0.324 e. The molecule has 5 amide bonds. The van der Waals surface area contributed by atoms with E-state index in [2.05, 4.69) is 10.4 Å². The van der Waals surface area contributed by atoms with Crippen molar-refractivity contribution < 1.29 is 14.4 Å². The number of likely N-dealkylation sites (N-methyl/N-ethyl adjacent to an activating group) is 2. The zero-order valence-electron chi connectivity index (χ0n) is 15.0. The lowest BCUT2D eigenvalue weighted by atomic mass is 9.86. The third-order valence-corrected chi connectivity index (χ3v) is 5.18. The number of rotatable bonds is 2. The van der Waals surface area contributed by atoms with E-state index in [0.29, 0.717) is 31.6 Å². The van der Waals surface area contributed by atoms with Crippen molar-refractivity contribution in [2.45, 2.75) is 38.3 Å². The molecule has 0 aliphatic carbocycles. The van der Waals surface area contributed by atoms with Gasteiger partial charge < -0.3 is 15.1 Å². The van der Waals surface area contributed by atoms with Crippen molar-refractivity contribution in [2.75, 3.05) is 32.5 Å². The maximum Gasteiger partial charge on any atom is 0.327 e. The molecule has 2 fully saturated rings. The zero-order chi connectivity index (χ0) is 18.4. The number of nitrogens with zero attached hydrogens (tertiary/aromatic N) is 5. The van der Waals surface area contributed by atoms with E-state index in [9.17, 15) is 14.4 Å². The first kappa shape index (κ1) is 17.2. The SMILES string of the molecule is CC(C)n1cc(NC(=O)N2CCC3(CC2)C(=O)N(C)C(=O)N3C)cn1. The number of piperidine rings is 1. The first-order chi connectivity index (χ1) is 11.8. The summed E-state index contributed by atoms with van der Waals surface area (Å²) >= 11 is 0. The summed E-state index contributed by atoms with van der Waals surface area (Å²) in [5, 5.41) is 7.03. The second-order valence-corrected chi connectivity index (χ2v) is 6.96. The highest BCUT2D eigenvalue weighted by atomic mass is 16.2. The highest BCUT2D eigenvalue weighted by molar-refractivity contribution is 6.06. The lowest BCUT2D eigenvalue weighted by Gasteiger charge is -2.40. The molecule has 3 rings (SSSR count). The summed E-state index contributed by atoms with van der Waals surface area (Å²) in [6.07, 6.45) is 4.29. The van der Waals surface area contributed by atoms with E-state index in [4.69, 9.17) is 0 Å². The summed E-state index contributed by atoms with van der Waals surface area (Å²) in [6, 6.07) is -0.283. The molecule has 0 bridgehead atoms. The third-order valence-electron chi connectivity index (χ3n) is 5.18. The van der Waals surface area contributed by atoms with Gasteiger partial charge in [0.2, 0.25) is 0 Å². The number of likely N-dealkylation sites (tertiary alicyclic amines) is 1. The second-order valence-electron chi connectivity index (χ2n) is 6.96. The van der Waals surface area contributed by atoms with Gasteiger partial charge >= 0.3 is 12.1 Å². The molecule has 0 radical (unpaired) electrons. The fraction of sp³-hybridized carbons (Fsp3) is 0.625. The number of anilines is 1. The number of aromatic nitrogens is 2. The minimum Gasteiger partial charge on any atom is -0.324 e. The lowest BCUT2D eigenvalue weighted by Crippen LogP contribution is -2.56. The van der Waals surface area contributed by atoms with Crippen LogP contribution in [0.1, 0.15) is 32.7 Å². The van der Waals surface area contributed by atoms with Crippen LogP contribution in [0.25, 0.3) is 0 Å². The second kappa shape index (κ2) is 6.05. The molecule has 2 aliphatic heterocycles. The van der Waals surface area contributed by atoms with Crippen LogP contribution >= 0.6 is 0 Å². The number of imide groups is 1. The molecule has 0 atom stereocenters. The maximum absolute atomic E-state index is 12.5. The fourth-order valence-corrected chi connectivity index (χ4v) is 3.47. The van der Waals surface area contributed by atoms with Gasteiger partial charge in [0.15, 0.2) is 0 Å². The van der Waals surface area contributed by atoms with E-state index in [1.807, 2.05) is 13.8 Å². The number of hydrogen-bond acceptors (Lipinski definition) is 4. The van der Waals surface area contributed by atoms with Crippen LogP contribution in [0.4, 0.5) is 15.3 Å². The van der Waals surface area contributed by atoms with Gasteiger partial charge in [0.25, 0.3) is 5.91 Å². The Morgan fingerprint density at radius 3 is 2.36 bits per heavy atom. The Kier molecular flexibility index (Phi) is 4.18. The van der Waals surface area contributed by atoms with E-state index in [-0.39, 0.29) is 24.0 Å². The molecule has 1 N–H and O–H groups in total. The zero-order valence-corrected chi connectivity index (χ0v) is 15.0. The van der Waals surface area contributed by atoms with Gasteiger partial charge in [-0.1, -0.05) is 0 Å². The molecule has 0 unspecified atom stereocenters.